The quantitative estimate of drug-likeness (QED) is 0.793. The second kappa shape index (κ2) is 5.58. The van der Waals surface area contributed by atoms with Crippen LogP contribution in [-0.2, 0) is 0 Å². The number of hydrogen-bond donors (Lipinski definition) is 1. The zero-order valence-corrected chi connectivity index (χ0v) is 12.4. The summed E-state index contributed by atoms with van der Waals surface area (Å²) in [6.45, 7) is 2.78. The van der Waals surface area contributed by atoms with E-state index in [0.717, 1.165) is 17.6 Å². The second-order valence-electron chi connectivity index (χ2n) is 4.64. The lowest BCUT2D eigenvalue weighted by atomic mass is 10.1. The fourth-order valence-electron chi connectivity index (χ4n) is 2.44. The van der Waals surface area contributed by atoms with Crippen molar-refractivity contribution in [3.63, 3.8) is 0 Å². The van der Waals surface area contributed by atoms with Crippen LogP contribution in [0.15, 0.2) is 48.7 Å². The molecule has 0 aliphatic heterocycles. The zero-order valence-electron chi connectivity index (χ0n) is 11.6. The Kier molecular flexibility index (Phi) is 3.62. The average Bonchev–Trinajstić information content (AvgIpc) is 2.51. The van der Waals surface area contributed by atoms with E-state index in [1.807, 2.05) is 23.1 Å². The lowest BCUT2D eigenvalue weighted by Gasteiger charge is -2.24. The maximum absolute atomic E-state index is 6.25. The number of benzene rings is 2. The lowest BCUT2D eigenvalue weighted by Crippen LogP contribution is -2.19. The molecule has 0 amide bonds. The highest BCUT2D eigenvalue weighted by Crippen LogP contribution is 2.34. The first-order chi connectivity index (χ1) is 10.2. The molecule has 21 heavy (non-hydrogen) atoms. The predicted octanol–water partition coefficient (Wildman–Crippen LogP) is 4.02. The Hall–Kier alpha value is -2.33. The van der Waals surface area contributed by atoms with E-state index in [1.165, 1.54) is 11.6 Å². The van der Waals surface area contributed by atoms with Crippen LogP contribution in [0.1, 0.15) is 6.92 Å². The molecule has 0 atom stereocenters. The first-order valence-corrected chi connectivity index (χ1v) is 7.12. The van der Waals surface area contributed by atoms with Crippen molar-refractivity contribution in [3.8, 4) is 0 Å². The van der Waals surface area contributed by atoms with E-state index >= 15 is 0 Å². The summed E-state index contributed by atoms with van der Waals surface area (Å²) in [5.74, 6) is 0.844. The van der Waals surface area contributed by atoms with Crippen LogP contribution < -0.4 is 10.6 Å². The van der Waals surface area contributed by atoms with E-state index in [9.17, 15) is 0 Å². The van der Waals surface area contributed by atoms with Crippen LogP contribution in [0.4, 0.5) is 17.5 Å². The van der Waals surface area contributed by atoms with Gasteiger partial charge in [0, 0.05) is 11.9 Å². The van der Waals surface area contributed by atoms with E-state index in [-0.39, 0.29) is 5.95 Å². The number of nitrogens with two attached hydrogens (primary N) is 1. The summed E-state index contributed by atoms with van der Waals surface area (Å²) in [7, 11) is 0. The topological polar surface area (TPSA) is 55.0 Å². The Balaban J connectivity index is 2.21. The van der Waals surface area contributed by atoms with Crippen molar-refractivity contribution in [2.24, 2.45) is 0 Å². The molecule has 4 nitrogen and oxygen atoms in total. The molecule has 2 aromatic carbocycles. The van der Waals surface area contributed by atoms with Gasteiger partial charge < -0.3 is 10.6 Å². The molecule has 0 bridgehead atoms. The fourth-order valence-corrected chi connectivity index (χ4v) is 2.63. The van der Waals surface area contributed by atoms with E-state index < -0.39 is 0 Å². The Morgan fingerprint density at radius 2 is 1.90 bits per heavy atom. The SMILES string of the molecule is CCN(c1nc(N)ncc1Cl)c1cccc2ccccc12. The van der Waals surface area contributed by atoms with Crippen molar-refractivity contribution in [1.82, 2.24) is 9.97 Å². The van der Waals surface area contributed by atoms with Crippen LogP contribution in [0.3, 0.4) is 0 Å². The minimum absolute atomic E-state index is 0.216. The van der Waals surface area contributed by atoms with Crippen LogP contribution in [0.5, 0.6) is 0 Å². The number of hydrogen-bond acceptors (Lipinski definition) is 4. The summed E-state index contributed by atoms with van der Waals surface area (Å²) in [6.07, 6.45) is 1.53. The third-order valence-electron chi connectivity index (χ3n) is 3.37. The monoisotopic (exact) mass is 298 g/mol. The number of nitrogens with zero attached hydrogens (tertiary/aromatic N) is 3. The van der Waals surface area contributed by atoms with Gasteiger partial charge in [0.25, 0.3) is 0 Å². The third-order valence-corrected chi connectivity index (χ3v) is 3.64. The number of aromatic nitrogens is 2. The van der Waals surface area contributed by atoms with Gasteiger partial charge in [0.2, 0.25) is 5.95 Å². The average molecular weight is 299 g/mol. The van der Waals surface area contributed by atoms with E-state index in [2.05, 4.69) is 41.2 Å². The van der Waals surface area contributed by atoms with Gasteiger partial charge in [-0.1, -0.05) is 48.0 Å². The molecule has 3 rings (SSSR count). The van der Waals surface area contributed by atoms with Gasteiger partial charge in [0.1, 0.15) is 5.02 Å². The van der Waals surface area contributed by atoms with E-state index in [0.29, 0.717) is 10.8 Å². The number of fused-ring (bicyclic) bond motifs is 1. The van der Waals surface area contributed by atoms with Crippen molar-refractivity contribution in [1.29, 1.82) is 0 Å². The smallest absolute Gasteiger partial charge is 0.222 e. The molecule has 0 fully saturated rings. The number of anilines is 3. The Labute approximate surface area is 128 Å². The van der Waals surface area contributed by atoms with Gasteiger partial charge in [-0.2, -0.15) is 4.98 Å². The molecule has 0 saturated carbocycles. The van der Waals surface area contributed by atoms with Crippen molar-refractivity contribution in [2.45, 2.75) is 6.92 Å². The fraction of sp³-hybridized carbons (Fsp3) is 0.125. The first kappa shape index (κ1) is 13.6. The molecule has 0 spiro atoms. The highest BCUT2D eigenvalue weighted by Gasteiger charge is 2.15. The summed E-state index contributed by atoms with van der Waals surface area (Å²) in [4.78, 5) is 10.3. The minimum atomic E-state index is 0.216. The minimum Gasteiger partial charge on any atom is -0.368 e. The van der Waals surface area contributed by atoms with Gasteiger partial charge >= 0.3 is 0 Å². The van der Waals surface area contributed by atoms with Crippen LogP contribution in [0, 0.1) is 0 Å². The highest BCUT2D eigenvalue weighted by molar-refractivity contribution is 6.33. The molecule has 0 radical (unpaired) electrons. The molecule has 3 aromatic rings. The molecule has 0 aliphatic carbocycles. The molecule has 0 saturated heterocycles. The molecule has 106 valence electrons. The maximum atomic E-state index is 6.25. The van der Waals surface area contributed by atoms with Crippen molar-refractivity contribution >= 4 is 39.8 Å². The molecule has 1 heterocycles. The highest BCUT2D eigenvalue weighted by atomic mass is 35.5. The van der Waals surface area contributed by atoms with Crippen LogP contribution >= 0.6 is 11.6 Å². The van der Waals surface area contributed by atoms with E-state index in [4.69, 9.17) is 17.3 Å². The number of rotatable bonds is 3. The van der Waals surface area contributed by atoms with E-state index in [1.54, 1.807) is 0 Å². The lowest BCUT2D eigenvalue weighted by molar-refractivity contribution is 0.985. The molecule has 0 aliphatic rings. The van der Waals surface area contributed by atoms with Crippen molar-refractivity contribution < 1.29 is 0 Å². The normalized spacial score (nSPS) is 10.8. The second-order valence-corrected chi connectivity index (χ2v) is 5.05. The van der Waals surface area contributed by atoms with Gasteiger partial charge in [-0.05, 0) is 18.4 Å². The molecule has 5 heteroatoms. The largest absolute Gasteiger partial charge is 0.368 e. The van der Waals surface area contributed by atoms with Gasteiger partial charge in [0.15, 0.2) is 5.82 Å². The van der Waals surface area contributed by atoms with Crippen molar-refractivity contribution in [2.75, 3.05) is 17.2 Å². The third kappa shape index (κ3) is 2.50. The van der Waals surface area contributed by atoms with Gasteiger partial charge in [-0.15, -0.1) is 0 Å². The Morgan fingerprint density at radius 3 is 2.71 bits per heavy atom. The standard InChI is InChI=1S/C16H15ClN4/c1-2-21(15-13(17)10-19-16(18)20-15)14-9-5-7-11-6-3-4-8-12(11)14/h3-10H,2H2,1H3,(H2,18,19,20). The van der Waals surface area contributed by atoms with Crippen molar-refractivity contribution in [3.05, 3.63) is 53.7 Å². The van der Waals surface area contributed by atoms with Gasteiger partial charge in [-0.25, -0.2) is 4.98 Å². The first-order valence-electron chi connectivity index (χ1n) is 6.74. The van der Waals surface area contributed by atoms with Crippen LogP contribution in [0.2, 0.25) is 5.02 Å². The van der Waals surface area contributed by atoms with Gasteiger partial charge in [-0.3, -0.25) is 0 Å². The number of nitrogen functional groups attached to an aromatic ring is 1. The summed E-state index contributed by atoms with van der Waals surface area (Å²) >= 11 is 6.25. The maximum Gasteiger partial charge on any atom is 0.222 e. The molecular weight excluding hydrogens is 284 g/mol. The predicted molar refractivity (Wildman–Crippen MR) is 88.1 cm³/mol. The molecule has 2 N–H and O–H groups in total. The molecule has 1 aromatic heterocycles. The van der Waals surface area contributed by atoms with Crippen LogP contribution in [-0.4, -0.2) is 16.5 Å². The Bertz CT molecular complexity index is 783. The Morgan fingerprint density at radius 1 is 1.14 bits per heavy atom. The molecular formula is C16H15ClN4. The molecule has 0 unspecified atom stereocenters. The summed E-state index contributed by atoms with van der Waals surface area (Å²) < 4.78 is 0. The van der Waals surface area contributed by atoms with Crippen LogP contribution in [0.25, 0.3) is 10.8 Å². The summed E-state index contributed by atoms with van der Waals surface area (Å²) in [6, 6.07) is 14.4. The summed E-state index contributed by atoms with van der Waals surface area (Å²) in [5.41, 5.74) is 6.75. The van der Waals surface area contributed by atoms with Gasteiger partial charge in [0.05, 0.1) is 11.9 Å². The zero-order chi connectivity index (χ0) is 14.8. The summed E-state index contributed by atoms with van der Waals surface area (Å²) in [5, 5.41) is 2.81. The number of halogens is 1.